The van der Waals surface area contributed by atoms with Gasteiger partial charge in [-0.05, 0) is 36.4 Å². The highest BCUT2D eigenvalue weighted by Crippen LogP contribution is 2.30. The standard InChI is InChI=1S/C26H12N2O4/c29-23-13-5-1-3-7-18(13)28-19-10-9-15-24(30)14-6-2-4-8-20(14)32-26(15)21(19)25(31)17-12-27-11-16(23)22(17)28/h1-12H. The maximum Gasteiger partial charge on any atom is 0.202 e. The van der Waals surface area contributed by atoms with Crippen molar-refractivity contribution >= 4 is 60.0 Å². The van der Waals surface area contributed by atoms with Gasteiger partial charge in [0.15, 0.2) is 11.0 Å². The molecule has 150 valence electrons. The molecule has 0 saturated carbocycles. The number of aromatic nitrogens is 2. The Morgan fingerprint density at radius 3 is 2.16 bits per heavy atom. The smallest absolute Gasteiger partial charge is 0.202 e. The highest BCUT2D eigenvalue weighted by molar-refractivity contribution is 6.13. The molecule has 0 aliphatic rings. The van der Waals surface area contributed by atoms with Crippen LogP contribution in [-0.4, -0.2) is 9.38 Å². The lowest BCUT2D eigenvalue weighted by atomic mass is 10.0. The number of para-hydroxylation sites is 2. The van der Waals surface area contributed by atoms with Gasteiger partial charge < -0.3 is 8.82 Å². The van der Waals surface area contributed by atoms with Gasteiger partial charge in [0, 0.05) is 17.8 Å². The van der Waals surface area contributed by atoms with E-state index in [-0.39, 0.29) is 21.9 Å². The molecule has 0 radical (unpaired) electrons. The van der Waals surface area contributed by atoms with Crippen LogP contribution in [0.2, 0.25) is 0 Å². The number of hydrogen-bond donors (Lipinski definition) is 0. The minimum atomic E-state index is -0.322. The molecule has 4 aromatic heterocycles. The van der Waals surface area contributed by atoms with Crippen LogP contribution in [0.15, 0.2) is 91.9 Å². The quantitative estimate of drug-likeness (QED) is 0.273. The summed E-state index contributed by atoms with van der Waals surface area (Å²) in [5.41, 5.74) is 1.73. The van der Waals surface area contributed by atoms with Crippen LogP contribution in [-0.2, 0) is 0 Å². The van der Waals surface area contributed by atoms with E-state index in [4.69, 9.17) is 4.42 Å². The Hall–Kier alpha value is -4.58. The van der Waals surface area contributed by atoms with Crippen molar-refractivity contribution in [3.8, 4) is 0 Å². The second-order valence-corrected chi connectivity index (χ2v) is 7.86. The first kappa shape index (κ1) is 17.1. The number of nitrogens with zero attached hydrogens (tertiary/aromatic N) is 2. The van der Waals surface area contributed by atoms with Gasteiger partial charge in [-0.3, -0.25) is 19.4 Å². The van der Waals surface area contributed by atoms with E-state index in [1.807, 2.05) is 16.5 Å². The molecule has 6 nitrogen and oxygen atoms in total. The third-order valence-corrected chi connectivity index (χ3v) is 6.21. The predicted octanol–water partition coefficient (Wildman–Crippen LogP) is 4.21. The zero-order valence-electron chi connectivity index (χ0n) is 16.5. The summed E-state index contributed by atoms with van der Waals surface area (Å²) in [5, 5.41) is 2.30. The average Bonchev–Trinajstić information content (AvgIpc) is 2.83. The van der Waals surface area contributed by atoms with E-state index in [1.165, 1.54) is 12.4 Å². The van der Waals surface area contributed by atoms with E-state index in [0.29, 0.717) is 54.5 Å². The Morgan fingerprint density at radius 1 is 0.625 bits per heavy atom. The first-order valence-electron chi connectivity index (χ1n) is 10.1. The molecule has 0 spiro atoms. The van der Waals surface area contributed by atoms with Gasteiger partial charge in [-0.25, -0.2) is 0 Å². The zero-order valence-corrected chi connectivity index (χ0v) is 16.5. The van der Waals surface area contributed by atoms with Gasteiger partial charge in [-0.2, -0.15) is 0 Å². The number of benzene rings is 3. The van der Waals surface area contributed by atoms with Crippen LogP contribution in [0.5, 0.6) is 0 Å². The molecule has 0 atom stereocenters. The monoisotopic (exact) mass is 416 g/mol. The summed E-state index contributed by atoms with van der Waals surface area (Å²) in [6, 6.07) is 17.7. The van der Waals surface area contributed by atoms with Crippen LogP contribution in [0.4, 0.5) is 0 Å². The molecule has 0 amide bonds. The first-order chi connectivity index (χ1) is 15.6. The summed E-state index contributed by atoms with van der Waals surface area (Å²) in [7, 11) is 0. The van der Waals surface area contributed by atoms with Gasteiger partial charge in [0.2, 0.25) is 10.9 Å². The first-order valence-corrected chi connectivity index (χ1v) is 10.1. The van der Waals surface area contributed by atoms with Gasteiger partial charge in [0.25, 0.3) is 0 Å². The van der Waals surface area contributed by atoms with Crippen molar-refractivity contribution in [2.24, 2.45) is 0 Å². The maximum atomic E-state index is 13.7. The topological polar surface area (TPSA) is 81.7 Å². The van der Waals surface area contributed by atoms with Gasteiger partial charge in [0.05, 0.1) is 43.5 Å². The van der Waals surface area contributed by atoms with Crippen molar-refractivity contribution in [2.45, 2.75) is 0 Å². The molecular weight excluding hydrogens is 404 g/mol. The van der Waals surface area contributed by atoms with Crippen molar-refractivity contribution in [3.05, 3.63) is 104 Å². The van der Waals surface area contributed by atoms with Crippen LogP contribution in [0.25, 0.3) is 60.0 Å². The Kier molecular flexibility index (Phi) is 3.09. The molecule has 0 unspecified atom stereocenters. The van der Waals surface area contributed by atoms with Gasteiger partial charge in [0.1, 0.15) is 5.58 Å². The van der Waals surface area contributed by atoms with Crippen LogP contribution >= 0.6 is 0 Å². The third-order valence-electron chi connectivity index (χ3n) is 6.21. The zero-order chi connectivity index (χ0) is 21.6. The number of pyridine rings is 3. The van der Waals surface area contributed by atoms with E-state index in [1.54, 1.807) is 48.5 Å². The lowest BCUT2D eigenvalue weighted by Crippen LogP contribution is -2.15. The molecule has 7 rings (SSSR count). The second kappa shape index (κ2) is 5.76. The van der Waals surface area contributed by atoms with Gasteiger partial charge >= 0.3 is 0 Å². The molecule has 3 aromatic carbocycles. The normalized spacial score (nSPS) is 12.1. The van der Waals surface area contributed by atoms with Crippen LogP contribution in [0.1, 0.15) is 0 Å². The summed E-state index contributed by atoms with van der Waals surface area (Å²) in [6.07, 6.45) is 2.97. The molecule has 0 aliphatic carbocycles. The fourth-order valence-electron chi connectivity index (χ4n) is 4.80. The Bertz CT molecular complexity index is 2110. The molecule has 32 heavy (non-hydrogen) atoms. The van der Waals surface area contributed by atoms with E-state index < -0.39 is 0 Å². The summed E-state index contributed by atoms with van der Waals surface area (Å²) in [4.78, 5) is 44.1. The third kappa shape index (κ3) is 1.94. The molecule has 4 heterocycles. The predicted molar refractivity (Wildman–Crippen MR) is 125 cm³/mol. The van der Waals surface area contributed by atoms with Crippen molar-refractivity contribution in [1.82, 2.24) is 9.38 Å². The highest BCUT2D eigenvalue weighted by Gasteiger charge is 2.20. The fourth-order valence-corrected chi connectivity index (χ4v) is 4.80. The van der Waals surface area contributed by atoms with Crippen LogP contribution in [0, 0.1) is 0 Å². The van der Waals surface area contributed by atoms with Crippen LogP contribution < -0.4 is 16.3 Å². The van der Waals surface area contributed by atoms with Gasteiger partial charge in [-0.1, -0.05) is 24.3 Å². The van der Waals surface area contributed by atoms with E-state index in [9.17, 15) is 14.4 Å². The molecular formula is C26H12N2O4. The Balaban J connectivity index is 1.90. The minimum Gasteiger partial charge on any atom is -0.455 e. The Labute approximate surface area is 177 Å². The number of hydrogen-bond acceptors (Lipinski definition) is 5. The van der Waals surface area contributed by atoms with Crippen molar-refractivity contribution in [2.75, 3.05) is 0 Å². The van der Waals surface area contributed by atoms with Crippen molar-refractivity contribution < 1.29 is 4.42 Å². The van der Waals surface area contributed by atoms with E-state index in [0.717, 1.165) is 0 Å². The number of fused-ring (bicyclic) bond motifs is 7. The molecule has 6 heteroatoms. The molecule has 0 aliphatic heterocycles. The summed E-state index contributed by atoms with van der Waals surface area (Å²) in [5.74, 6) is 0. The molecule has 0 N–H and O–H groups in total. The molecule has 0 fully saturated rings. The minimum absolute atomic E-state index is 0.171. The lowest BCUT2D eigenvalue weighted by molar-refractivity contribution is 0.663. The van der Waals surface area contributed by atoms with Crippen molar-refractivity contribution in [3.63, 3.8) is 0 Å². The van der Waals surface area contributed by atoms with Crippen LogP contribution in [0.3, 0.4) is 0 Å². The molecule has 7 aromatic rings. The largest absolute Gasteiger partial charge is 0.455 e. The molecule has 0 bridgehead atoms. The lowest BCUT2D eigenvalue weighted by Gasteiger charge is -2.14. The SMILES string of the molecule is O=c1c2ccccc2oc2c1ccc1c2c(=O)c2cncc3c(=O)c4ccccc4n1c32. The fraction of sp³-hybridized carbons (Fsp3) is 0. The maximum absolute atomic E-state index is 13.7. The summed E-state index contributed by atoms with van der Waals surface area (Å²) < 4.78 is 8.02. The Morgan fingerprint density at radius 2 is 1.31 bits per heavy atom. The van der Waals surface area contributed by atoms with E-state index in [2.05, 4.69) is 4.98 Å². The van der Waals surface area contributed by atoms with Crippen molar-refractivity contribution in [1.29, 1.82) is 0 Å². The van der Waals surface area contributed by atoms with E-state index >= 15 is 0 Å². The summed E-state index contributed by atoms with van der Waals surface area (Å²) >= 11 is 0. The average molecular weight is 416 g/mol. The van der Waals surface area contributed by atoms with Gasteiger partial charge in [-0.15, -0.1) is 0 Å². The second-order valence-electron chi connectivity index (χ2n) is 7.86. The molecule has 0 saturated heterocycles. The highest BCUT2D eigenvalue weighted by atomic mass is 16.3. The summed E-state index contributed by atoms with van der Waals surface area (Å²) in [6.45, 7) is 0. The number of rotatable bonds is 0.